The Morgan fingerprint density at radius 1 is 0.897 bits per heavy atom. The second-order valence-electron chi connectivity index (χ2n) is 7.06. The van der Waals surface area contributed by atoms with E-state index in [-0.39, 0.29) is 16.8 Å². The second kappa shape index (κ2) is 8.76. The lowest BCUT2D eigenvalue weighted by Crippen LogP contribution is -2.34. The molecule has 0 bridgehead atoms. The van der Waals surface area contributed by atoms with Crippen LogP contribution in [0.25, 0.3) is 10.8 Å². The molecule has 3 aromatic rings. The molecule has 0 saturated carbocycles. The molecule has 2 N–H and O–H groups in total. The molecule has 152 valence electrons. The van der Waals surface area contributed by atoms with Crippen molar-refractivity contribution in [1.82, 2.24) is 4.72 Å². The maximum Gasteiger partial charge on any atom is 0.255 e. The normalized spacial score (nSPS) is 11.7. The number of carbonyl (C=O) groups excluding carboxylic acids is 1. The van der Waals surface area contributed by atoms with Crippen molar-refractivity contribution >= 4 is 32.4 Å². The van der Waals surface area contributed by atoms with Crippen molar-refractivity contribution in [3.63, 3.8) is 0 Å². The van der Waals surface area contributed by atoms with Crippen molar-refractivity contribution in [2.24, 2.45) is 0 Å². The summed E-state index contributed by atoms with van der Waals surface area (Å²) in [6, 6.07) is 17.7. The van der Waals surface area contributed by atoms with Crippen LogP contribution in [0.4, 0.5) is 5.69 Å². The molecule has 6 heteroatoms. The topological polar surface area (TPSA) is 75.3 Å². The lowest BCUT2D eigenvalue weighted by Gasteiger charge is -2.17. The van der Waals surface area contributed by atoms with E-state index < -0.39 is 10.0 Å². The Morgan fingerprint density at radius 3 is 2.17 bits per heavy atom. The number of benzene rings is 3. The van der Waals surface area contributed by atoms with Gasteiger partial charge in [-0.25, -0.2) is 13.1 Å². The van der Waals surface area contributed by atoms with E-state index >= 15 is 0 Å². The van der Waals surface area contributed by atoms with Gasteiger partial charge >= 0.3 is 0 Å². The monoisotopic (exact) mass is 410 g/mol. The average Bonchev–Trinajstić information content (AvgIpc) is 2.72. The SMILES string of the molecule is CCC(CC)NS(=O)(=O)c1ccc(NC(=O)c2ccccc2C)c2ccccc12. The Labute approximate surface area is 172 Å². The summed E-state index contributed by atoms with van der Waals surface area (Å²) in [6.45, 7) is 5.80. The van der Waals surface area contributed by atoms with Crippen LogP contribution in [0.3, 0.4) is 0 Å². The summed E-state index contributed by atoms with van der Waals surface area (Å²) in [7, 11) is -3.68. The van der Waals surface area contributed by atoms with E-state index in [9.17, 15) is 13.2 Å². The van der Waals surface area contributed by atoms with Gasteiger partial charge in [-0.1, -0.05) is 56.3 Å². The quantitative estimate of drug-likeness (QED) is 0.584. The van der Waals surface area contributed by atoms with Gasteiger partial charge in [0.25, 0.3) is 5.91 Å². The Bertz CT molecular complexity index is 1140. The minimum atomic E-state index is -3.68. The van der Waals surface area contributed by atoms with Gasteiger partial charge in [-0.15, -0.1) is 0 Å². The highest BCUT2D eigenvalue weighted by Crippen LogP contribution is 2.30. The smallest absolute Gasteiger partial charge is 0.255 e. The molecule has 0 spiro atoms. The van der Waals surface area contributed by atoms with E-state index in [2.05, 4.69) is 10.0 Å². The van der Waals surface area contributed by atoms with Crippen molar-refractivity contribution in [3.8, 4) is 0 Å². The Kier molecular flexibility index (Phi) is 6.35. The molecule has 29 heavy (non-hydrogen) atoms. The lowest BCUT2D eigenvalue weighted by atomic mass is 10.1. The van der Waals surface area contributed by atoms with Crippen LogP contribution in [0, 0.1) is 6.92 Å². The fourth-order valence-electron chi connectivity index (χ4n) is 3.37. The molecule has 0 aliphatic heterocycles. The maximum absolute atomic E-state index is 13.0. The van der Waals surface area contributed by atoms with E-state index in [0.29, 0.717) is 22.0 Å². The number of anilines is 1. The van der Waals surface area contributed by atoms with Crippen molar-refractivity contribution < 1.29 is 13.2 Å². The third-order valence-corrected chi connectivity index (χ3v) is 6.70. The summed E-state index contributed by atoms with van der Waals surface area (Å²) in [5.41, 5.74) is 2.04. The highest BCUT2D eigenvalue weighted by Gasteiger charge is 2.22. The summed E-state index contributed by atoms with van der Waals surface area (Å²) in [4.78, 5) is 13.0. The van der Waals surface area contributed by atoms with Gasteiger partial charge in [0.2, 0.25) is 10.0 Å². The van der Waals surface area contributed by atoms with Crippen LogP contribution in [0.15, 0.2) is 65.6 Å². The fraction of sp³-hybridized carbons (Fsp3) is 0.261. The van der Waals surface area contributed by atoms with Crippen LogP contribution in [-0.4, -0.2) is 20.4 Å². The van der Waals surface area contributed by atoms with Gasteiger partial charge in [-0.3, -0.25) is 4.79 Å². The standard InChI is InChI=1S/C23H26N2O3S/c1-4-17(5-2)25-29(27,28)22-15-14-21(19-12-8-9-13-20(19)22)24-23(26)18-11-7-6-10-16(18)3/h6-15,17,25H,4-5H2,1-3H3,(H,24,26). The van der Waals surface area contributed by atoms with Crippen LogP contribution in [-0.2, 0) is 10.0 Å². The number of fused-ring (bicyclic) bond motifs is 1. The van der Waals surface area contributed by atoms with E-state index in [1.165, 1.54) is 0 Å². The van der Waals surface area contributed by atoms with Crippen molar-refractivity contribution in [2.45, 2.75) is 44.6 Å². The number of sulfonamides is 1. The number of hydrogen-bond acceptors (Lipinski definition) is 3. The van der Waals surface area contributed by atoms with Gasteiger partial charge in [0, 0.05) is 28.1 Å². The first-order chi connectivity index (χ1) is 13.9. The van der Waals surface area contributed by atoms with E-state index in [4.69, 9.17) is 0 Å². The number of amides is 1. The summed E-state index contributed by atoms with van der Waals surface area (Å²) in [5, 5.41) is 4.19. The molecule has 0 fully saturated rings. The number of aryl methyl sites for hydroxylation is 1. The molecule has 1 amide bonds. The molecular weight excluding hydrogens is 384 g/mol. The first-order valence-corrected chi connectivity index (χ1v) is 11.3. The highest BCUT2D eigenvalue weighted by molar-refractivity contribution is 7.89. The van der Waals surface area contributed by atoms with E-state index in [1.54, 1.807) is 30.3 Å². The Morgan fingerprint density at radius 2 is 1.52 bits per heavy atom. The zero-order valence-corrected chi connectivity index (χ0v) is 17.7. The first-order valence-electron chi connectivity index (χ1n) is 9.78. The molecule has 0 unspecified atom stereocenters. The minimum absolute atomic E-state index is 0.112. The van der Waals surface area contributed by atoms with Gasteiger partial charge in [0.15, 0.2) is 0 Å². The van der Waals surface area contributed by atoms with Gasteiger partial charge in [0.05, 0.1) is 4.90 Å². The number of hydrogen-bond donors (Lipinski definition) is 2. The predicted molar refractivity (Wildman–Crippen MR) is 118 cm³/mol. The molecule has 0 radical (unpaired) electrons. The van der Waals surface area contributed by atoms with Crippen LogP contribution in [0.1, 0.15) is 42.6 Å². The van der Waals surface area contributed by atoms with Gasteiger partial charge in [-0.2, -0.15) is 0 Å². The lowest BCUT2D eigenvalue weighted by molar-refractivity contribution is 0.102. The maximum atomic E-state index is 13.0. The van der Waals surface area contributed by atoms with Crippen LogP contribution >= 0.6 is 0 Å². The molecule has 0 aliphatic rings. The number of rotatable bonds is 7. The fourth-order valence-corrected chi connectivity index (χ4v) is 4.98. The Hall–Kier alpha value is -2.70. The third-order valence-electron chi connectivity index (χ3n) is 5.12. The largest absolute Gasteiger partial charge is 0.321 e. The van der Waals surface area contributed by atoms with Crippen LogP contribution < -0.4 is 10.0 Å². The second-order valence-corrected chi connectivity index (χ2v) is 8.74. The van der Waals surface area contributed by atoms with Crippen LogP contribution in [0.5, 0.6) is 0 Å². The molecule has 0 atom stereocenters. The van der Waals surface area contributed by atoms with Gasteiger partial charge < -0.3 is 5.32 Å². The molecule has 0 aromatic heterocycles. The molecule has 3 aromatic carbocycles. The van der Waals surface area contributed by atoms with Crippen LogP contribution in [0.2, 0.25) is 0 Å². The summed E-state index contributed by atoms with van der Waals surface area (Å²) in [6.07, 6.45) is 1.44. The van der Waals surface area contributed by atoms with Crippen molar-refractivity contribution in [2.75, 3.05) is 5.32 Å². The third kappa shape index (κ3) is 4.49. The zero-order chi connectivity index (χ0) is 21.0. The molecule has 3 rings (SSSR count). The highest BCUT2D eigenvalue weighted by atomic mass is 32.2. The van der Waals surface area contributed by atoms with Crippen molar-refractivity contribution in [3.05, 3.63) is 71.8 Å². The first kappa shape index (κ1) is 21.0. The molecular formula is C23H26N2O3S. The zero-order valence-electron chi connectivity index (χ0n) is 16.9. The molecule has 0 heterocycles. The molecule has 0 saturated heterocycles. The number of nitrogens with one attached hydrogen (secondary N) is 2. The summed E-state index contributed by atoms with van der Waals surface area (Å²) < 4.78 is 28.7. The molecule has 0 aliphatic carbocycles. The van der Waals surface area contributed by atoms with Crippen molar-refractivity contribution in [1.29, 1.82) is 0 Å². The van der Waals surface area contributed by atoms with Gasteiger partial charge in [0.1, 0.15) is 0 Å². The predicted octanol–water partition coefficient (Wildman–Crippen LogP) is 4.87. The molecule has 5 nitrogen and oxygen atoms in total. The number of carbonyl (C=O) groups is 1. The van der Waals surface area contributed by atoms with E-state index in [1.807, 2.05) is 51.1 Å². The summed E-state index contributed by atoms with van der Waals surface area (Å²) in [5.74, 6) is -0.223. The van der Waals surface area contributed by atoms with Gasteiger partial charge in [-0.05, 0) is 43.5 Å². The summed E-state index contributed by atoms with van der Waals surface area (Å²) >= 11 is 0. The van der Waals surface area contributed by atoms with E-state index in [0.717, 1.165) is 18.4 Å². The average molecular weight is 411 g/mol. The Balaban J connectivity index is 2.02. The minimum Gasteiger partial charge on any atom is -0.321 e.